The zero-order valence-electron chi connectivity index (χ0n) is 18.5. The Morgan fingerprint density at radius 3 is 2.65 bits per heavy atom. The fourth-order valence-electron chi connectivity index (χ4n) is 7.93. The maximum absolute atomic E-state index is 17.1. The first kappa shape index (κ1) is 21.4. The summed E-state index contributed by atoms with van der Waals surface area (Å²) in [5.74, 6) is -2.46. The van der Waals surface area contributed by atoms with Crippen molar-refractivity contribution < 1.29 is 33.7 Å². The van der Waals surface area contributed by atoms with Crippen LogP contribution >= 0.6 is 0 Å². The van der Waals surface area contributed by atoms with E-state index in [9.17, 15) is 19.8 Å². The molecule has 0 aromatic carbocycles. The van der Waals surface area contributed by atoms with Gasteiger partial charge in [0.2, 0.25) is 0 Å². The lowest BCUT2D eigenvalue weighted by atomic mass is 9.44. The van der Waals surface area contributed by atoms with Crippen LogP contribution in [0.5, 0.6) is 0 Å². The summed E-state index contributed by atoms with van der Waals surface area (Å²) < 4.78 is 29.5. The molecular formula is C24H31FO6. The fourth-order valence-corrected chi connectivity index (χ4v) is 7.93. The molecule has 170 valence electrons. The van der Waals surface area contributed by atoms with Crippen molar-refractivity contribution in [2.45, 2.75) is 82.6 Å². The van der Waals surface area contributed by atoms with E-state index in [-0.39, 0.29) is 18.1 Å². The summed E-state index contributed by atoms with van der Waals surface area (Å²) in [6, 6.07) is 0. The molecule has 0 spiro atoms. The molecule has 8 atom stereocenters. The van der Waals surface area contributed by atoms with E-state index in [0.717, 1.165) is 5.57 Å². The summed E-state index contributed by atoms with van der Waals surface area (Å²) in [7, 11) is 0. The predicted octanol–water partition coefficient (Wildman–Crippen LogP) is 2.42. The van der Waals surface area contributed by atoms with Crippen LogP contribution in [0.4, 0.5) is 4.39 Å². The van der Waals surface area contributed by atoms with Gasteiger partial charge in [0.15, 0.2) is 28.6 Å². The highest BCUT2D eigenvalue weighted by molar-refractivity contribution is 6.01. The van der Waals surface area contributed by atoms with E-state index in [1.165, 1.54) is 12.2 Å². The van der Waals surface area contributed by atoms with Crippen LogP contribution in [0.1, 0.15) is 53.4 Å². The number of rotatable bonds is 2. The quantitative estimate of drug-likeness (QED) is 0.694. The smallest absolute Gasteiger partial charge is 0.193 e. The molecule has 2 N–H and O–H groups in total. The lowest BCUT2D eigenvalue weighted by Crippen LogP contribution is -2.70. The molecule has 1 saturated heterocycles. The summed E-state index contributed by atoms with van der Waals surface area (Å²) >= 11 is 0. The first-order chi connectivity index (χ1) is 14.4. The highest BCUT2D eigenvalue weighted by Crippen LogP contribution is 2.72. The summed E-state index contributed by atoms with van der Waals surface area (Å²) in [6.07, 6.45) is 4.00. The van der Waals surface area contributed by atoms with E-state index in [4.69, 9.17) is 9.47 Å². The number of aliphatic hydroxyl groups excluding tert-OH is 2. The summed E-state index contributed by atoms with van der Waals surface area (Å²) in [5.41, 5.74) is -4.66. The first-order valence-electron chi connectivity index (χ1n) is 11.2. The lowest BCUT2D eigenvalue weighted by molar-refractivity contribution is -0.246. The molecule has 6 nitrogen and oxygen atoms in total. The van der Waals surface area contributed by atoms with Crippen LogP contribution < -0.4 is 0 Å². The van der Waals surface area contributed by atoms with Crippen LogP contribution in [0.25, 0.3) is 0 Å². The van der Waals surface area contributed by atoms with Gasteiger partial charge in [-0.3, -0.25) is 9.59 Å². The van der Waals surface area contributed by atoms with Gasteiger partial charge in [-0.15, -0.1) is 0 Å². The third-order valence-electron chi connectivity index (χ3n) is 9.19. The van der Waals surface area contributed by atoms with Gasteiger partial charge in [0.25, 0.3) is 0 Å². The average molecular weight is 435 g/mol. The highest BCUT2D eigenvalue weighted by atomic mass is 19.1. The monoisotopic (exact) mass is 434 g/mol. The molecule has 1 heterocycles. The Labute approximate surface area is 181 Å². The van der Waals surface area contributed by atoms with Gasteiger partial charge in [-0.05, 0) is 64.5 Å². The number of halogens is 1. The Morgan fingerprint density at radius 1 is 1.26 bits per heavy atom. The van der Waals surface area contributed by atoms with Gasteiger partial charge in [-0.1, -0.05) is 18.6 Å². The van der Waals surface area contributed by atoms with Crippen molar-refractivity contribution in [2.24, 2.45) is 22.7 Å². The van der Waals surface area contributed by atoms with Gasteiger partial charge in [0, 0.05) is 16.7 Å². The van der Waals surface area contributed by atoms with Crippen molar-refractivity contribution in [3.63, 3.8) is 0 Å². The van der Waals surface area contributed by atoms with Gasteiger partial charge in [-0.25, -0.2) is 4.39 Å². The van der Waals surface area contributed by atoms with E-state index in [1.54, 1.807) is 26.8 Å². The Balaban J connectivity index is 1.64. The molecular weight excluding hydrogens is 403 g/mol. The minimum Gasteiger partial charge on any atom is -0.390 e. The number of hydrogen-bond acceptors (Lipinski definition) is 6. The molecule has 4 fully saturated rings. The maximum Gasteiger partial charge on any atom is 0.193 e. The highest BCUT2D eigenvalue weighted by Gasteiger charge is 2.79. The van der Waals surface area contributed by atoms with E-state index < -0.39 is 58.4 Å². The van der Waals surface area contributed by atoms with Crippen LogP contribution in [0, 0.1) is 22.7 Å². The largest absolute Gasteiger partial charge is 0.390 e. The molecule has 0 radical (unpaired) electrons. The summed E-state index contributed by atoms with van der Waals surface area (Å²) in [5, 5.41) is 21.2. The van der Waals surface area contributed by atoms with E-state index in [2.05, 4.69) is 0 Å². The number of alkyl halides is 1. The molecule has 3 unspecified atom stereocenters. The van der Waals surface area contributed by atoms with Crippen LogP contribution in [0.2, 0.25) is 0 Å². The normalized spacial score (nSPS) is 52.1. The Kier molecular flexibility index (Phi) is 4.24. The van der Waals surface area contributed by atoms with Crippen molar-refractivity contribution >= 4 is 11.6 Å². The van der Waals surface area contributed by atoms with Gasteiger partial charge in [0.05, 0.1) is 12.2 Å². The van der Waals surface area contributed by atoms with E-state index in [0.29, 0.717) is 19.3 Å². The van der Waals surface area contributed by atoms with E-state index >= 15 is 4.39 Å². The van der Waals surface area contributed by atoms with Gasteiger partial charge in [-0.2, -0.15) is 0 Å². The summed E-state index contributed by atoms with van der Waals surface area (Å²) in [4.78, 5) is 25.1. The minimum atomic E-state index is -1.98. The standard InChI is InChI=1S/C24H31FO6/c1-20(2)30-19-10-16-15-6-5-13-9-14(27)7-8-21(13,3)23(15,25)17(28)11-22(16,4)24(19,31-20)18(29)12-26/h7-9,15-17,19,26,28H,5-6,10-12H2,1-4H3/t15?,16?,17-,19?,21-,22-,23-,24+/m0/s1. The van der Waals surface area contributed by atoms with Gasteiger partial charge in [0.1, 0.15) is 6.61 Å². The SMILES string of the molecule is CC1(C)OC2CC3C4CCC5=CC(=O)C=C[C@]5(C)[C@@]4(F)[C@@H](O)C[C@]3(C)[C@]2(C(=O)CO)O1. The Morgan fingerprint density at radius 2 is 1.97 bits per heavy atom. The number of allylic oxidation sites excluding steroid dienone is 4. The van der Waals surface area contributed by atoms with Gasteiger partial charge < -0.3 is 19.7 Å². The van der Waals surface area contributed by atoms with Crippen LogP contribution in [-0.4, -0.2) is 57.7 Å². The lowest BCUT2D eigenvalue weighted by Gasteiger charge is -2.62. The summed E-state index contributed by atoms with van der Waals surface area (Å²) in [6.45, 7) is 6.41. The van der Waals surface area contributed by atoms with Crippen LogP contribution in [0.3, 0.4) is 0 Å². The number of aliphatic hydroxyl groups is 2. The van der Waals surface area contributed by atoms with E-state index in [1.807, 2.05) is 6.92 Å². The molecule has 4 aliphatic carbocycles. The van der Waals surface area contributed by atoms with Crippen molar-refractivity contribution in [1.29, 1.82) is 0 Å². The average Bonchev–Trinajstić information content (AvgIpc) is 3.09. The van der Waals surface area contributed by atoms with Crippen molar-refractivity contribution in [3.05, 3.63) is 23.8 Å². The Bertz CT molecular complexity index is 925. The first-order valence-corrected chi connectivity index (χ1v) is 11.2. The number of Topliss-reactive ketones (excluding diaryl/α,β-unsaturated/α-hetero) is 1. The topological polar surface area (TPSA) is 93.1 Å². The zero-order valence-corrected chi connectivity index (χ0v) is 18.5. The maximum atomic E-state index is 17.1. The third-order valence-corrected chi connectivity index (χ3v) is 9.19. The molecule has 7 heteroatoms. The zero-order chi connectivity index (χ0) is 22.6. The predicted molar refractivity (Wildman–Crippen MR) is 109 cm³/mol. The molecule has 5 aliphatic rings. The van der Waals surface area contributed by atoms with Crippen LogP contribution in [-0.2, 0) is 19.1 Å². The van der Waals surface area contributed by atoms with Crippen molar-refractivity contribution in [2.75, 3.05) is 6.61 Å². The van der Waals surface area contributed by atoms with Crippen LogP contribution in [0.15, 0.2) is 23.8 Å². The number of ketones is 2. The second-order valence-electron chi connectivity index (χ2n) is 10.9. The number of fused-ring (bicyclic) bond motifs is 7. The molecule has 0 aromatic heterocycles. The second-order valence-corrected chi connectivity index (χ2v) is 10.9. The minimum absolute atomic E-state index is 0.0109. The Hall–Kier alpha value is -1.41. The molecule has 3 saturated carbocycles. The number of carbonyl (C=O) groups is 2. The molecule has 1 aliphatic heterocycles. The number of carbonyl (C=O) groups excluding carboxylic acids is 2. The number of hydrogen-bond donors (Lipinski definition) is 2. The van der Waals surface area contributed by atoms with Crippen molar-refractivity contribution in [3.8, 4) is 0 Å². The third kappa shape index (κ3) is 2.31. The molecule has 5 rings (SSSR count). The fraction of sp³-hybridized carbons (Fsp3) is 0.750. The molecule has 0 bridgehead atoms. The second kappa shape index (κ2) is 6.13. The van der Waals surface area contributed by atoms with Gasteiger partial charge >= 0.3 is 0 Å². The number of ether oxygens (including phenoxy) is 2. The van der Waals surface area contributed by atoms with Crippen molar-refractivity contribution in [1.82, 2.24) is 0 Å². The molecule has 31 heavy (non-hydrogen) atoms. The molecule has 0 aromatic rings. The molecule has 0 amide bonds.